The van der Waals surface area contributed by atoms with E-state index in [1.54, 1.807) is 6.07 Å². The highest BCUT2D eigenvalue weighted by molar-refractivity contribution is 5.84. The Kier molecular flexibility index (Phi) is 5.93. The van der Waals surface area contributed by atoms with Crippen LogP contribution in [0, 0.1) is 0 Å². The van der Waals surface area contributed by atoms with Crippen LogP contribution in [0.4, 0.5) is 0 Å². The number of rotatable bonds is 9. The van der Waals surface area contributed by atoms with Gasteiger partial charge in [0.2, 0.25) is 5.76 Å². The molecular formula is C12H17NO5. The van der Waals surface area contributed by atoms with Gasteiger partial charge in [-0.25, -0.2) is 4.79 Å². The average molecular weight is 255 g/mol. The van der Waals surface area contributed by atoms with Crippen molar-refractivity contribution in [1.82, 2.24) is 5.32 Å². The van der Waals surface area contributed by atoms with Crippen LogP contribution < -0.4 is 5.32 Å². The van der Waals surface area contributed by atoms with Crippen molar-refractivity contribution in [3.63, 3.8) is 0 Å². The van der Waals surface area contributed by atoms with Crippen LogP contribution >= 0.6 is 0 Å². The topological polar surface area (TPSA) is 99.8 Å². The number of hydrogen-bond acceptors (Lipinski definition) is 4. The maximum absolute atomic E-state index is 10.6. The molecule has 6 nitrogen and oxygen atoms in total. The molecule has 0 saturated carbocycles. The number of carboxylic acid groups (broad SMARTS) is 2. The first-order chi connectivity index (χ1) is 8.59. The number of nitrogens with one attached hydrogen (secondary N) is 1. The number of carboxylic acids is 2. The molecule has 100 valence electrons. The van der Waals surface area contributed by atoms with Gasteiger partial charge in [0.05, 0.1) is 6.54 Å². The fourth-order valence-corrected chi connectivity index (χ4v) is 1.50. The third-order valence-corrected chi connectivity index (χ3v) is 2.42. The van der Waals surface area contributed by atoms with E-state index >= 15 is 0 Å². The lowest BCUT2D eigenvalue weighted by molar-refractivity contribution is -0.137. The quantitative estimate of drug-likeness (QED) is 0.581. The maximum Gasteiger partial charge on any atom is 0.371 e. The largest absolute Gasteiger partial charge is 0.481 e. The van der Waals surface area contributed by atoms with Crippen molar-refractivity contribution in [1.29, 1.82) is 0 Å². The zero-order valence-corrected chi connectivity index (χ0v) is 10.0. The minimum Gasteiger partial charge on any atom is -0.481 e. The van der Waals surface area contributed by atoms with E-state index in [4.69, 9.17) is 14.6 Å². The molecule has 0 bridgehead atoms. The molecule has 0 fully saturated rings. The number of aromatic carboxylic acids is 1. The van der Waals surface area contributed by atoms with Crippen LogP contribution in [-0.4, -0.2) is 28.7 Å². The minimum absolute atomic E-state index is 0.0618. The van der Waals surface area contributed by atoms with E-state index in [0.717, 1.165) is 19.4 Å². The summed E-state index contributed by atoms with van der Waals surface area (Å²) < 4.78 is 5.06. The molecule has 1 rings (SSSR count). The van der Waals surface area contributed by atoms with E-state index in [1.807, 2.05) is 0 Å². The van der Waals surface area contributed by atoms with Crippen molar-refractivity contribution in [3.05, 3.63) is 23.7 Å². The molecule has 0 atom stereocenters. The first-order valence-electron chi connectivity index (χ1n) is 5.84. The number of hydrogen-bond donors (Lipinski definition) is 3. The Hall–Kier alpha value is -1.82. The highest BCUT2D eigenvalue weighted by Crippen LogP contribution is 2.07. The second-order valence-electron chi connectivity index (χ2n) is 3.95. The molecule has 0 aliphatic heterocycles. The Morgan fingerprint density at radius 1 is 1.17 bits per heavy atom. The Bertz CT molecular complexity index is 399. The highest BCUT2D eigenvalue weighted by Gasteiger charge is 2.07. The molecule has 1 aromatic heterocycles. The van der Waals surface area contributed by atoms with Gasteiger partial charge in [0.25, 0.3) is 0 Å². The van der Waals surface area contributed by atoms with E-state index in [-0.39, 0.29) is 12.2 Å². The van der Waals surface area contributed by atoms with Crippen LogP contribution in [0.15, 0.2) is 16.5 Å². The zero-order valence-electron chi connectivity index (χ0n) is 10.0. The third kappa shape index (κ3) is 5.49. The summed E-state index contributed by atoms with van der Waals surface area (Å²) >= 11 is 0. The summed E-state index contributed by atoms with van der Waals surface area (Å²) in [5.41, 5.74) is 0. The van der Waals surface area contributed by atoms with Gasteiger partial charge in [-0.15, -0.1) is 0 Å². The van der Waals surface area contributed by atoms with Crippen molar-refractivity contribution in [3.8, 4) is 0 Å². The Labute approximate surface area is 105 Å². The zero-order chi connectivity index (χ0) is 13.4. The molecule has 0 amide bonds. The first-order valence-corrected chi connectivity index (χ1v) is 5.84. The number of furan rings is 1. The molecule has 0 saturated heterocycles. The first kappa shape index (κ1) is 14.2. The molecule has 0 aliphatic carbocycles. The van der Waals surface area contributed by atoms with Crippen LogP contribution in [0.25, 0.3) is 0 Å². The highest BCUT2D eigenvalue weighted by atomic mass is 16.4. The van der Waals surface area contributed by atoms with Crippen LogP contribution in [-0.2, 0) is 11.3 Å². The maximum atomic E-state index is 10.6. The second-order valence-corrected chi connectivity index (χ2v) is 3.95. The fourth-order valence-electron chi connectivity index (χ4n) is 1.50. The van der Waals surface area contributed by atoms with Gasteiger partial charge in [-0.05, 0) is 31.5 Å². The number of carbonyl (C=O) groups is 2. The lowest BCUT2D eigenvalue weighted by Crippen LogP contribution is -2.14. The summed E-state index contributed by atoms with van der Waals surface area (Å²) in [5.74, 6) is -1.32. The Morgan fingerprint density at radius 3 is 2.56 bits per heavy atom. The predicted octanol–water partition coefficient (Wildman–Crippen LogP) is 1.71. The summed E-state index contributed by atoms with van der Waals surface area (Å²) in [5, 5.41) is 20.2. The smallest absolute Gasteiger partial charge is 0.371 e. The molecule has 0 radical (unpaired) electrons. The molecular weight excluding hydrogens is 238 g/mol. The fraction of sp³-hybridized carbons (Fsp3) is 0.500. The number of aliphatic carboxylic acids is 1. The van der Waals surface area contributed by atoms with E-state index in [1.165, 1.54) is 6.07 Å². The van der Waals surface area contributed by atoms with Gasteiger partial charge >= 0.3 is 11.9 Å². The number of unbranched alkanes of at least 4 members (excludes halogenated alkanes) is 2. The average Bonchev–Trinajstić information content (AvgIpc) is 2.76. The van der Waals surface area contributed by atoms with E-state index in [2.05, 4.69) is 5.32 Å². The lowest BCUT2D eigenvalue weighted by atomic mass is 10.2. The Morgan fingerprint density at radius 2 is 1.94 bits per heavy atom. The van der Waals surface area contributed by atoms with Gasteiger partial charge in [-0.2, -0.15) is 0 Å². The van der Waals surface area contributed by atoms with Crippen LogP contribution in [0.1, 0.15) is 42.0 Å². The van der Waals surface area contributed by atoms with E-state index in [0.29, 0.717) is 18.7 Å². The van der Waals surface area contributed by atoms with Crippen LogP contribution in [0.5, 0.6) is 0 Å². The summed E-state index contributed by atoms with van der Waals surface area (Å²) in [6.07, 6.45) is 2.64. The van der Waals surface area contributed by atoms with Crippen LogP contribution in [0.3, 0.4) is 0 Å². The normalized spacial score (nSPS) is 10.4. The summed E-state index contributed by atoms with van der Waals surface area (Å²) in [4.78, 5) is 20.8. The third-order valence-electron chi connectivity index (χ3n) is 2.42. The summed E-state index contributed by atoms with van der Waals surface area (Å²) in [7, 11) is 0. The molecule has 18 heavy (non-hydrogen) atoms. The van der Waals surface area contributed by atoms with Gasteiger partial charge < -0.3 is 19.9 Å². The predicted molar refractivity (Wildman–Crippen MR) is 63.5 cm³/mol. The summed E-state index contributed by atoms with van der Waals surface area (Å²) in [6, 6.07) is 3.05. The molecule has 0 aromatic carbocycles. The lowest BCUT2D eigenvalue weighted by Gasteiger charge is -2.02. The minimum atomic E-state index is -1.07. The molecule has 1 aromatic rings. The van der Waals surface area contributed by atoms with E-state index in [9.17, 15) is 9.59 Å². The van der Waals surface area contributed by atoms with Crippen molar-refractivity contribution in [2.45, 2.75) is 32.2 Å². The molecule has 0 spiro atoms. The van der Waals surface area contributed by atoms with Gasteiger partial charge in [0.1, 0.15) is 5.76 Å². The molecule has 1 heterocycles. The van der Waals surface area contributed by atoms with E-state index < -0.39 is 11.9 Å². The molecule has 0 aliphatic rings. The van der Waals surface area contributed by atoms with Crippen molar-refractivity contribution in [2.24, 2.45) is 0 Å². The van der Waals surface area contributed by atoms with Crippen LogP contribution in [0.2, 0.25) is 0 Å². The van der Waals surface area contributed by atoms with Gasteiger partial charge in [0.15, 0.2) is 0 Å². The molecule has 0 unspecified atom stereocenters. The van der Waals surface area contributed by atoms with Gasteiger partial charge in [-0.1, -0.05) is 6.42 Å². The van der Waals surface area contributed by atoms with Gasteiger partial charge in [-0.3, -0.25) is 4.79 Å². The second kappa shape index (κ2) is 7.50. The monoisotopic (exact) mass is 255 g/mol. The van der Waals surface area contributed by atoms with Crippen molar-refractivity contribution >= 4 is 11.9 Å². The van der Waals surface area contributed by atoms with Crippen molar-refractivity contribution < 1.29 is 24.2 Å². The Balaban J connectivity index is 2.07. The molecule has 3 N–H and O–H groups in total. The van der Waals surface area contributed by atoms with Gasteiger partial charge in [0, 0.05) is 6.42 Å². The standard InChI is InChI=1S/C12H17NO5/c14-11(15)4-2-1-3-7-13-8-9-5-6-10(18-9)12(16)17/h5-6,13H,1-4,7-8H2,(H,14,15)(H,16,17). The summed E-state index contributed by atoms with van der Waals surface area (Å²) in [6.45, 7) is 1.23. The molecule has 6 heteroatoms. The van der Waals surface area contributed by atoms with Crippen molar-refractivity contribution in [2.75, 3.05) is 6.54 Å². The SMILES string of the molecule is O=C(O)CCCCCNCc1ccc(C(=O)O)o1.